The Morgan fingerprint density at radius 2 is 1.57 bits per heavy atom. The lowest BCUT2D eigenvalue weighted by Gasteiger charge is -2.25. The Morgan fingerprint density at radius 1 is 0.952 bits per heavy atom. The number of allylic oxidation sites excluding steroid dienone is 4. The minimum atomic E-state index is -0.554. The Morgan fingerprint density at radius 3 is 2.14 bits per heavy atom. The molecule has 0 saturated carbocycles. The molecule has 2 aromatic rings. The molecule has 2 aromatic carbocycles. The zero-order valence-electron chi connectivity index (χ0n) is 11.5. The van der Waals surface area contributed by atoms with Gasteiger partial charge in [-0.1, -0.05) is 78.9 Å². The van der Waals surface area contributed by atoms with Crippen LogP contribution in [0.4, 0.5) is 0 Å². The van der Waals surface area contributed by atoms with Crippen molar-refractivity contribution < 1.29 is 4.79 Å². The molecule has 0 N–H and O–H groups in total. The van der Waals surface area contributed by atoms with Crippen molar-refractivity contribution in [3.63, 3.8) is 0 Å². The van der Waals surface area contributed by atoms with E-state index in [-0.39, 0.29) is 5.78 Å². The maximum atomic E-state index is 12.4. The van der Waals surface area contributed by atoms with Crippen molar-refractivity contribution in [3.8, 4) is 0 Å². The Kier molecular flexibility index (Phi) is 3.76. The first-order chi connectivity index (χ1) is 10.2. The number of alkyl halides is 1. The summed E-state index contributed by atoms with van der Waals surface area (Å²) in [6.45, 7) is 0. The van der Waals surface area contributed by atoms with E-state index in [4.69, 9.17) is 11.6 Å². The zero-order valence-corrected chi connectivity index (χ0v) is 12.3. The molecule has 21 heavy (non-hydrogen) atoms. The number of carbonyl (C=O) groups is 1. The topological polar surface area (TPSA) is 17.1 Å². The van der Waals surface area contributed by atoms with E-state index >= 15 is 0 Å². The summed E-state index contributed by atoms with van der Waals surface area (Å²) in [6, 6.07) is 19.2. The highest BCUT2D eigenvalue weighted by molar-refractivity contribution is 6.26. The van der Waals surface area contributed by atoms with E-state index in [9.17, 15) is 4.79 Å². The van der Waals surface area contributed by atoms with Crippen molar-refractivity contribution in [2.24, 2.45) is 0 Å². The fourth-order valence-corrected chi connectivity index (χ4v) is 2.74. The number of carbonyl (C=O) groups excluding carboxylic acids is 1. The van der Waals surface area contributed by atoms with Gasteiger partial charge in [0.1, 0.15) is 0 Å². The molecule has 0 saturated heterocycles. The maximum Gasteiger partial charge on any atom is 0.192 e. The van der Waals surface area contributed by atoms with E-state index in [0.717, 1.165) is 5.56 Å². The third kappa shape index (κ3) is 2.84. The molecule has 0 bridgehead atoms. The fraction of sp³-hybridized carbons (Fsp3) is 0.105. The highest BCUT2D eigenvalue weighted by atomic mass is 35.5. The van der Waals surface area contributed by atoms with Gasteiger partial charge in [0.15, 0.2) is 5.78 Å². The molecule has 0 amide bonds. The van der Waals surface area contributed by atoms with Gasteiger partial charge in [0.25, 0.3) is 0 Å². The van der Waals surface area contributed by atoms with Crippen molar-refractivity contribution in [2.75, 3.05) is 0 Å². The molecule has 0 spiro atoms. The molecular weight excluding hydrogens is 280 g/mol. The van der Waals surface area contributed by atoms with Gasteiger partial charge >= 0.3 is 0 Å². The first-order valence-corrected chi connectivity index (χ1v) is 7.30. The Bertz CT molecular complexity index is 701. The monoisotopic (exact) mass is 294 g/mol. The lowest BCUT2D eigenvalue weighted by Crippen LogP contribution is -2.18. The van der Waals surface area contributed by atoms with Crippen molar-refractivity contribution >= 4 is 17.4 Å². The van der Waals surface area contributed by atoms with Gasteiger partial charge in [0.05, 0.1) is 4.87 Å². The predicted molar refractivity (Wildman–Crippen MR) is 86.6 cm³/mol. The number of Topliss-reactive ketones (excluding diaryl/α,β-unsaturated/α-hetero) is 1. The molecule has 1 aliphatic rings. The third-order valence-electron chi connectivity index (χ3n) is 3.70. The smallest absolute Gasteiger partial charge is 0.192 e. The van der Waals surface area contributed by atoms with E-state index in [2.05, 4.69) is 0 Å². The molecule has 3 rings (SSSR count). The summed E-state index contributed by atoms with van der Waals surface area (Å²) in [7, 11) is 0. The van der Waals surface area contributed by atoms with Crippen LogP contribution in [0.5, 0.6) is 0 Å². The van der Waals surface area contributed by atoms with E-state index < -0.39 is 4.87 Å². The largest absolute Gasteiger partial charge is 0.289 e. The second-order valence-electron chi connectivity index (χ2n) is 5.12. The summed E-state index contributed by atoms with van der Waals surface area (Å²) >= 11 is 6.67. The number of hydrogen-bond acceptors (Lipinski definition) is 1. The molecule has 1 nitrogen and oxygen atoms in total. The Balaban J connectivity index is 1.82. The van der Waals surface area contributed by atoms with Crippen molar-refractivity contribution in [1.82, 2.24) is 0 Å². The molecule has 104 valence electrons. The van der Waals surface area contributed by atoms with E-state index in [0.29, 0.717) is 17.6 Å². The Hall–Kier alpha value is -2.12. The molecular formula is C19H15ClO. The second kappa shape index (κ2) is 5.71. The normalized spacial score (nSPS) is 20.9. The maximum absolute atomic E-state index is 12.4. The molecule has 0 aliphatic heterocycles. The van der Waals surface area contributed by atoms with Crippen LogP contribution >= 0.6 is 11.6 Å². The summed E-state index contributed by atoms with van der Waals surface area (Å²) in [6.07, 6.45) is 6.29. The van der Waals surface area contributed by atoms with Crippen LogP contribution < -0.4 is 0 Å². The second-order valence-corrected chi connectivity index (χ2v) is 5.80. The lowest BCUT2D eigenvalue weighted by molar-refractivity contribution is 0.103. The highest BCUT2D eigenvalue weighted by Gasteiger charge is 2.28. The SMILES string of the molecule is O=C(C1=CCC(Cl)(c2ccccc2)C=C1)c1ccccc1. The molecule has 1 unspecified atom stereocenters. The first-order valence-electron chi connectivity index (χ1n) is 6.93. The third-order valence-corrected chi connectivity index (χ3v) is 4.20. The van der Waals surface area contributed by atoms with Crippen LogP contribution in [-0.4, -0.2) is 5.78 Å². The number of rotatable bonds is 3. The quantitative estimate of drug-likeness (QED) is 0.582. The van der Waals surface area contributed by atoms with Gasteiger partial charge in [-0.3, -0.25) is 4.79 Å². The Labute approximate surface area is 129 Å². The van der Waals surface area contributed by atoms with Crippen molar-refractivity contribution in [1.29, 1.82) is 0 Å². The van der Waals surface area contributed by atoms with Crippen LogP contribution in [0.15, 0.2) is 84.5 Å². The first kappa shape index (κ1) is 13.8. The molecule has 0 heterocycles. The minimum absolute atomic E-state index is 0.0404. The molecule has 0 fully saturated rings. The van der Waals surface area contributed by atoms with E-state index in [1.54, 1.807) is 0 Å². The van der Waals surface area contributed by atoms with Crippen LogP contribution in [-0.2, 0) is 4.87 Å². The highest BCUT2D eigenvalue weighted by Crippen LogP contribution is 2.38. The van der Waals surface area contributed by atoms with Gasteiger partial charge in [-0.15, -0.1) is 11.6 Å². The van der Waals surface area contributed by atoms with Gasteiger partial charge < -0.3 is 0 Å². The molecule has 0 aromatic heterocycles. The summed E-state index contributed by atoms with van der Waals surface area (Å²) in [5, 5.41) is 0. The molecule has 1 atom stereocenters. The number of halogens is 1. The average molecular weight is 295 g/mol. The van der Waals surface area contributed by atoms with Crippen molar-refractivity contribution in [3.05, 3.63) is 95.6 Å². The summed E-state index contributed by atoms with van der Waals surface area (Å²) in [5.74, 6) is 0.0404. The minimum Gasteiger partial charge on any atom is -0.289 e. The lowest BCUT2D eigenvalue weighted by atomic mass is 9.87. The standard InChI is InChI=1S/C19H15ClO/c20-19(17-9-5-2-6-10-17)13-11-16(12-14-19)18(21)15-7-3-1-4-8-15/h1-13H,14H2. The van der Waals surface area contributed by atoms with Gasteiger partial charge in [-0.25, -0.2) is 0 Å². The van der Waals surface area contributed by atoms with Crippen LogP contribution in [0.1, 0.15) is 22.3 Å². The zero-order chi connectivity index (χ0) is 14.7. The number of benzene rings is 2. The van der Waals surface area contributed by atoms with Gasteiger partial charge in [0, 0.05) is 11.1 Å². The molecule has 1 aliphatic carbocycles. The number of ketones is 1. The van der Waals surface area contributed by atoms with Crippen LogP contribution in [0.25, 0.3) is 0 Å². The molecule has 2 heteroatoms. The predicted octanol–water partition coefficient (Wildman–Crippen LogP) is 4.89. The summed E-state index contributed by atoms with van der Waals surface area (Å²) in [5.41, 5.74) is 2.45. The van der Waals surface area contributed by atoms with E-state index in [1.165, 1.54) is 0 Å². The average Bonchev–Trinajstić information content (AvgIpc) is 2.57. The van der Waals surface area contributed by atoms with Gasteiger partial charge in [0.2, 0.25) is 0 Å². The van der Waals surface area contributed by atoms with Crippen LogP contribution in [0.3, 0.4) is 0 Å². The van der Waals surface area contributed by atoms with Crippen LogP contribution in [0, 0.1) is 0 Å². The molecule has 0 radical (unpaired) electrons. The van der Waals surface area contributed by atoms with Gasteiger partial charge in [-0.05, 0) is 12.0 Å². The van der Waals surface area contributed by atoms with Gasteiger partial charge in [-0.2, -0.15) is 0 Å². The van der Waals surface area contributed by atoms with E-state index in [1.807, 2.05) is 78.9 Å². The van der Waals surface area contributed by atoms with Crippen LogP contribution in [0.2, 0.25) is 0 Å². The number of hydrogen-bond donors (Lipinski definition) is 0. The fourth-order valence-electron chi connectivity index (χ4n) is 2.47. The summed E-state index contributed by atoms with van der Waals surface area (Å²) in [4.78, 5) is 11.8. The summed E-state index contributed by atoms with van der Waals surface area (Å²) < 4.78 is 0. The van der Waals surface area contributed by atoms with Crippen molar-refractivity contribution in [2.45, 2.75) is 11.3 Å².